The molecule has 1 aliphatic rings. The van der Waals surface area contributed by atoms with Crippen LogP contribution in [0.4, 0.5) is 5.69 Å². The van der Waals surface area contributed by atoms with Gasteiger partial charge in [-0.2, -0.15) is 0 Å². The summed E-state index contributed by atoms with van der Waals surface area (Å²) in [4.78, 5) is 30.6. The van der Waals surface area contributed by atoms with E-state index in [0.29, 0.717) is 11.4 Å². The van der Waals surface area contributed by atoms with Crippen LogP contribution in [0.3, 0.4) is 0 Å². The SMILES string of the molecule is COc1ccc(N(CC(=O)N(Cc2cccc(C)c2)[C@@H](Cc2ccccc2)C(=O)NC2CCCCC2)S(=O)(=O)c2ccc(C)cc2)cc1. The smallest absolute Gasteiger partial charge is 0.264 e. The number of methoxy groups -OCH3 is 1. The molecule has 2 amide bonds. The number of nitrogens with one attached hydrogen (secondary N) is 1. The van der Waals surface area contributed by atoms with Crippen molar-refractivity contribution in [3.05, 3.63) is 125 Å². The van der Waals surface area contributed by atoms with E-state index in [2.05, 4.69) is 5.32 Å². The Labute approximate surface area is 284 Å². The van der Waals surface area contributed by atoms with Gasteiger partial charge in [0.25, 0.3) is 10.0 Å². The second kappa shape index (κ2) is 16.0. The maximum absolute atomic E-state index is 14.7. The normalized spacial score (nSPS) is 14.1. The number of amides is 2. The van der Waals surface area contributed by atoms with Crippen molar-refractivity contribution in [2.45, 2.75) is 75.9 Å². The lowest BCUT2D eigenvalue weighted by atomic mass is 9.94. The molecule has 4 aromatic rings. The lowest BCUT2D eigenvalue weighted by molar-refractivity contribution is -0.140. The largest absolute Gasteiger partial charge is 0.497 e. The zero-order chi connectivity index (χ0) is 34.1. The van der Waals surface area contributed by atoms with Crippen molar-refractivity contribution in [3.63, 3.8) is 0 Å². The Hall–Kier alpha value is -4.63. The Bertz CT molecular complexity index is 1770. The van der Waals surface area contributed by atoms with Gasteiger partial charge >= 0.3 is 0 Å². The minimum absolute atomic E-state index is 0.0400. The van der Waals surface area contributed by atoms with E-state index in [1.54, 1.807) is 53.4 Å². The number of hydrogen-bond acceptors (Lipinski definition) is 5. The highest BCUT2D eigenvalue weighted by molar-refractivity contribution is 7.92. The minimum atomic E-state index is -4.18. The van der Waals surface area contributed by atoms with Crippen molar-refractivity contribution in [2.24, 2.45) is 0 Å². The summed E-state index contributed by atoms with van der Waals surface area (Å²) in [5.74, 6) is -0.159. The van der Waals surface area contributed by atoms with Gasteiger partial charge in [-0.25, -0.2) is 8.42 Å². The lowest BCUT2D eigenvalue weighted by Crippen LogP contribution is -2.55. The van der Waals surface area contributed by atoms with Crippen LogP contribution in [0, 0.1) is 13.8 Å². The number of hydrogen-bond donors (Lipinski definition) is 1. The zero-order valence-corrected chi connectivity index (χ0v) is 28.8. The first kappa shape index (κ1) is 34.7. The zero-order valence-electron chi connectivity index (χ0n) is 28.0. The predicted molar refractivity (Wildman–Crippen MR) is 189 cm³/mol. The van der Waals surface area contributed by atoms with Crippen molar-refractivity contribution < 1.29 is 22.7 Å². The van der Waals surface area contributed by atoms with Gasteiger partial charge in [-0.1, -0.05) is 97.1 Å². The second-order valence-corrected chi connectivity index (χ2v) is 14.4. The first-order valence-electron chi connectivity index (χ1n) is 16.6. The van der Waals surface area contributed by atoms with Gasteiger partial charge in [0.05, 0.1) is 17.7 Å². The third-order valence-corrected chi connectivity index (χ3v) is 10.7. The summed E-state index contributed by atoms with van der Waals surface area (Å²) in [6.07, 6.45) is 5.33. The summed E-state index contributed by atoms with van der Waals surface area (Å²) >= 11 is 0. The van der Waals surface area contributed by atoms with Crippen LogP contribution in [0.25, 0.3) is 0 Å². The van der Waals surface area contributed by atoms with E-state index in [1.807, 2.05) is 68.4 Å². The molecule has 1 saturated carbocycles. The third kappa shape index (κ3) is 8.83. The van der Waals surface area contributed by atoms with E-state index in [0.717, 1.165) is 58.7 Å². The molecule has 48 heavy (non-hydrogen) atoms. The molecule has 9 heteroatoms. The molecule has 1 fully saturated rings. The van der Waals surface area contributed by atoms with Crippen LogP contribution >= 0.6 is 0 Å². The van der Waals surface area contributed by atoms with Crippen molar-refractivity contribution >= 4 is 27.5 Å². The fourth-order valence-corrected chi connectivity index (χ4v) is 7.63. The molecule has 0 aliphatic heterocycles. The summed E-state index contributed by atoms with van der Waals surface area (Å²) in [5, 5.41) is 3.25. The van der Waals surface area contributed by atoms with Gasteiger partial charge in [-0.3, -0.25) is 13.9 Å². The second-order valence-electron chi connectivity index (χ2n) is 12.6. The van der Waals surface area contributed by atoms with Gasteiger partial charge in [0.1, 0.15) is 18.3 Å². The molecule has 4 aromatic carbocycles. The minimum Gasteiger partial charge on any atom is -0.497 e. The molecule has 0 unspecified atom stereocenters. The Morgan fingerprint density at radius 1 is 0.812 bits per heavy atom. The van der Waals surface area contributed by atoms with Crippen LogP contribution in [0.2, 0.25) is 0 Å². The Balaban J connectivity index is 1.56. The molecule has 0 aromatic heterocycles. The van der Waals surface area contributed by atoms with E-state index in [9.17, 15) is 18.0 Å². The number of carbonyl (C=O) groups excluding carboxylic acids is 2. The standard InChI is InChI=1S/C39H45N3O5S/c1-29-17-23-36(24-18-29)48(45,46)42(34-19-21-35(47-3)22-20-34)28-38(43)41(27-32-14-10-11-30(2)25-32)37(26-31-12-6-4-7-13-31)39(44)40-33-15-8-5-9-16-33/h4,6-7,10-14,17-25,33,37H,5,8-9,15-16,26-28H2,1-3H3,(H,40,44)/t37-/m0/s1. The van der Waals surface area contributed by atoms with Crippen LogP contribution in [-0.4, -0.2) is 50.9 Å². The summed E-state index contributed by atoms with van der Waals surface area (Å²) in [6.45, 7) is 3.50. The molecule has 1 atom stereocenters. The highest BCUT2D eigenvalue weighted by atomic mass is 32.2. The van der Waals surface area contributed by atoms with Crippen molar-refractivity contribution in [3.8, 4) is 5.75 Å². The highest BCUT2D eigenvalue weighted by Crippen LogP contribution is 2.27. The Morgan fingerprint density at radius 3 is 2.12 bits per heavy atom. The van der Waals surface area contributed by atoms with Crippen molar-refractivity contribution in [1.29, 1.82) is 0 Å². The fourth-order valence-electron chi connectivity index (χ4n) is 6.22. The number of sulfonamides is 1. The lowest BCUT2D eigenvalue weighted by Gasteiger charge is -2.35. The van der Waals surface area contributed by atoms with Crippen LogP contribution < -0.4 is 14.4 Å². The van der Waals surface area contributed by atoms with Crippen molar-refractivity contribution in [1.82, 2.24) is 10.2 Å². The summed E-state index contributed by atoms with van der Waals surface area (Å²) in [7, 11) is -2.65. The molecular formula is C39H45N3O5S. The molecule has 252 valence electrons. The molecule has 0 saturated heterocycles. The monoisotopic (exact) mass is 667 g/mol. The fraction of sp³-hybridized carbons (Fsp3) is 0.333. The molecule has 1 aliphatic carbocycles. The highest BCUT2D eigenvalue weighted by Gasteiger charge is 2.35. The van der Waals surface area contributed by atoms with Gasteiger partial charge in [0, 0.05) is 19.0 Å². The maximum atomic E-state index is 14.7. The first-order chi connectivity index (χ1) is 23.1. The molecular weight excluding hydrogens is 623 g/mol. The number of anilines is 1. The Kier molecular flexibility index (Phi) is 11.5. The topological polar surface area (TPSA) is 96.0 Å². The molecule has 5 rings (SSSR count). The number of nitrogens with zero attached hydrogens (tertiary/aromatic N) is 2. The number of aryl methyl sites for hydroxylation is 2. The van der Waals surface area contributed by atoms with Crippen LogP contribution in [-0.2, 0) is 32.6 Å². The molecule has 0 bridgehead atoms. The van der Waals surface area contributed by atoms with E-state index < -0.39 is 28.5 Å². The van der Waals surface area contributed by atoms with Gasteiger partial charge in [-0.05, 0) is 74.2 Å². The summed E-state index contributed by atoms with van der Waals surface area (Å²) in [6, 6.07) is 29.8. The van der Waals surface area contributed by atoms with Crippen LogP contribution in [0.1, 0.15) is 54.4 Å². The molecule has 8 nitrogen and oxygen atoms in total. The van der Waals surface area contributed by atoms with Gasteiger partial charge in [-0.15, -0.1) is 0 Å². The molecule has 0 spiro atoms. The average molecular weight is 668 g/mol. The summed E-state index contributed by atoms with van der Waals surface area (Å²) < 4.78 is 35.0. The van der Waals surface area contributed by atoms with E-state index in [4.69, 9.17) is 4.74 Å². The first-order valence-corrected chi connectivity index (χ1v) is 18.0. The number of benzene rings is 4. The number of rotatable bonds is 13. The average Bonchev–Trinajstić information content (AvgIpc) is 3.09. The molecule has 1 N–H and O–H groups in total. The molecule has 0 heterocycles. The Morgan fingerprint density at radius 2 is 1.48 bits per heavy atom. The maximum Gasteiger partial charge on any atom is 0.264 e. The summed E-state index contributed by atoms with van der Waals surface area (Å²) in [5.41, 5.74) is 4.00. The van der Waals surface area contributed by atoms with Gasteiger partial charge in [0.15, 0.2) is 0 Å². The van der Waals surface area contributed by atoms with Crippen LogP contribution in [0.15, 0.2) is 108 Å². The number of ether oxygens (including phenoxy) is 1. The van der Waals surface area contributed by atoms with Crippen LogP contribution in [0.5, 0.6) is 5.75 Å². The van der Waals surface area contributed by atoms with E-state index in [1.165, 1.54) is 7.11 Å². The van der Waals surface area contributed by atoms with Gasteiger partial charge in [0.2, 0.25) is 11.8 Å². The van der Waals surface area contributed by atoms with Gasteiger partial charge < -0.3 is 15.0 Å². The quantitative estimate of drug-likeness (QED) is 0.174. The predicted octanol–water partition coefficient (Wildman–Crippen LogP) is 6.60. The number of carbonyl (C=O) groups is 2. The van der Waals surface area contributed by atoms with E-state index in [-0.39, 0.29) is 29.8 Å². The molecule has 0 radical (unpaired) electrons. The van der Waals surface area contributed by atoms with Crippen molar-refractivity contribution in [2.75, 3.05) is 18.0 Å². The third-order valence-electron chi connectivity index (χ3n) is 8.91. The van der Waals surface area contributed by atoms with E-state index >= 15 is 0 Å².